The van der Waals surface area contributed by atoms with Gasteiger partial charge >= 0.3 is 0 Å². The molecule has 98 valence electrons. The van der Waals surface area contributed by atoms with Crippen LogP contribution in [0.25, 0.3) is 22.4 Å². The van der Waals surface area contributed by atoms with E-state index in [1.807, 2.05) is 42.5 Å². The third-order valence-electron chi connectivity index (χ3n) is 3.08. The fraction of sp³-hybridized carbons (Fsp3) is 0. The third-order valence-corrected chi connectivity index (χ3v) is 3.45. The highest BCUT2D eigenvalue weighted by Crippen LogP contribution is 2.30. The van der Waals surface area contributed by atoms with Crippen molar-refractivity contribution in [2.75, 3.05) is 5.73 Å². The molecule has 2 N–H and O–H groups in total. The molecule has 0 atom stereocenters. The summed E-state index contributed by atoms with van der Waals surface area (Å²) in [4.78, 5) is 8.05. The molecule has 0 spiro atoms. The number of benzene rings is 2. The maximum absolute atomic E-state index is 6.13. The molecule has 0 saturated carbocycles. The summed E-state index contributed by atoms with van der Waals surface area (Å²) in [6.45, 7) is 0. The molecule has 3 rings (SSSR count). The first-order valence-electron chi connectivity index (χ1n) is 6.17. The zero-order valence-corrected chi connectivity index (χ0v) is 11.4. The number of rotatable bonds is 2. The Morgan fingerprint density at radius 1 is 0.750 bits per heavy atom. The molecule has 0 bridgehead atoms. The normalized spacial score (nSPS) is 10.4. The van der Waals surface area contributed by atoms with Crippen LogP contribution in [0, 0.1) is 0 Å². The molecular formula is C16H12ClN3. The van der Waals surface area contributed by atoms with Crippen molar-refractivity contribution in [3.05, 3.63) is 65.9 Å². The molecule has 3 aromatic rings. The summed E-state index contributed by atoms with van der Waals surface area (Å²) >= 11 is 6.13. The van der Waals surface area contributed by atoms with Crippen molar-refractivity contribution in [1.29, 1.82) is 0 Å². The first-order chi connectivity index (χ1) is 9.75. The molecule has 20 heavy (non-hydrogen) atoms. The van der Waals surface area contributed by atoms with Gasteiger partial charge in [-0.3, -0.25) is 0 Å². The highest BCUT2D eigenvalue weighted by atomic mass is 35.5. The molecule has 2 aromatic carbocycles. The number of nitrogens with two attached hydrogens (primary N) is 1. The smallest absolute Gasteiger partial charge is 0.146 e. The molecule has 0 aliphatic heterocycles. The summed E-state index contributed by atoms with van der Waals surface area (Å²) in [6.07, 6.45) is 1.42. The van der Waals surface area contributed by atoms with E-state index in [4.69, 9.17) is 17.3 Å². The van der Waals surface area contributed by atoms with Crippen molar-refractivity contribution >= 4 is 17.4 Å². The van der Waals surface area contributed by atoms with Gasteiger partial charge in [-0.15, -0.1) is 0 Å². The molecule has 3 nitrogen and oxygen atoms in total. The van der Waals surface area contributed by atoms with Gasteiger partial charge in [-0.25, -0.2) is 9.97 Å². The minimum absolute atomic E-state index is 0.295. The molecule has 0 unspecified atom stereocenters. The Morgan fingerprint density at radius 3 is 2.05 bits per heavy atom. The molecular weight excluding hydrogens is 270 g/mol. The molecule has 0 aliphatic carbocycles. The molecule has 0 radical (unpaired) electrons. The first-order valence-corrected chi connectivity index (χ1v) is 6.55. The van der Waals surface area contributed by atoms with Crippen molar-refractivity contribution in [3.63, 3.8) is 0 Å². The lowest BCUT2D eigenvalue weighted by atomic mass is 10.0. The van der Waals surface area contributed by atoms with Crippen LogP contribution >= 0.6 is 11.6 Å². The summed E-state index contributed by atoms with van der Waals surface area (Å²) in [5.41, 5.74) is 9.59. The van der Waals surface area contributed by atoms with E-state index < -0.39 is 0 Å². The average molecular weight is 282 g/mol. The molecule has 1 heterocycles. The Bertz CT molecular complexity index is 724. The molecule has 0 fully saturated rings. The number of nitrogen functional groups attached to an aromatic ring is 1. The number of aromatic nitrogens is 2. The van der Waals surface area contributed by atoms with E-state index in [1.54, 1.807) is 0 Å². The van der Waals surface area contributed by atoms with Crippen LogP contribution in [0.5, 0.6) is 0 Å². The zero-order chi connectivity index (χ0) is 13.9. The Kier molecular flexibility index (Phi) is 3.35. The van der Waals surface area contributed by atoms with E-state index in [0.717, 1.165) is 11.1 Å². The Balaban J connectivity index is 2.00. The first kappa shape index (κ1) is 12.6. The lowest BCUT2D eigenvalue weighted by Crippen LogP contribution is -1.95. The van der Waals surface area contributed by atoms with Gasteiger partial charge in [0.15, 0.2) is 0 Å². The van der Waals surface area contributed by atoms with Gasteiger partial charge in [-0.1, -0.05) is 66.2 Å². The fourth-order valence-electron chi connectivity index (χ4n) is 2.04. The van der Waals surface area contributed by atoms with Crippen LogP contribution in [-0.2, 0) is 0 Å². The lowest BCUT2D eigenvalue weighted by molar-refractivity contribution is 1.18. The van der Waals surface area contributed by atoms with Crippen molar-refractivity contribution in [2.45, 2.75) is 0 Å². The topological polar surface area (TPSA) is 51.8 Å². The maximum atomic E-state index is 6.13. The number of hydrogen-bond donors (Lipinski definition) is 1. The maximum Gasteiger partial charge on any atom is 0.146 e. The molecule has 0 amide bonds. The van der Waals surface area contributed by atoms with Gasteiger partial charge in [0.2, 0.25) is 0 Å². The summed E-state index contributed by atoms with van der Waals surface area (Å²) in [5.74, 6) is 0.295. The van der Waals surface area contributed by atoms with Gasteiger partial charge in [0, 0.05) is 5.56 Å². The Hall–Kier alpha value is -2.39. The largest absolute Gasteiger partial charge is 0.382 e. The number of halogens is 1. The molecule has 0 aliphatic rings. The fourth-order valence-corrected chi connectivity index (χ4v) is 2.24. The molecule has 0 saturated heterocycles. The number of anilines is 1. The van der Waals surface area contributed by atoms with E-state index in [1.165, 1.54) is 11.9 Å². The van der Waals surface area contributed by atoms with E-state index in [0.29, 0.717) is 16.5 Å². The number of nitrogens with zero attached hydrogens (tertiary/aromatic N) is 2. The summed E-state index contributed by atoms with van der Waals surface area (Å²) in [6, 6.07) is 18.2. The second-order valence-corrected chi connectivity index (χ2v) is 4.74. The minimum atomic E-state index is 0.295. The van der Waals surface area contributed by atoms with Gasteiger partial charge < -0.3 is 5.73 Å². The quantitative estimate of drug-likeness (QED) is 0.771. The van der Waals surface area contributed by atoms with Crippen molar-refractivity contribution in [2.24, 2.45) is 0 Å². The van der Waals surface area contributed by atoms with Crippen LogP contribution in [0.3, 0.4) is 0 Å². The van der Waals surface area contributed by atoms with Gasteiger partial charge in [-0.05, 0) is 11.1 Å². The van der Waals surface area contributed by atoms with Crippen molar-refractivity contribution < 1.29 is 0 Å². The van der Waals surface area contributed by atoms with Gasteiger partial charge in [0.1, 0.15) is 17.2 Å². The molecule has 1 aromatic heterocycles. The van der Waals surface area contributed by atoms with E-state index in [-0.39, 0.29) is 0 Å². The van der Waals surface area contributed by atoms with Crippen molar-refractivity contribution in [1.82, 2.24) is 9.97 Å². The average Bonchev–Trinajstić information content (AvgIpc) is 2.51. The second-order valence-electron chi connectivity index (χ2n) is 4.36. The van der Waals surface area contributed by atoms with Crippen molar-refractivity contribution in [3.8, 4) is 22.4 Å². The van der Waals surface area contributed by atoms with Crippen LogP contribution in [0.2, 0.25) is 5.02 Å². The van der Waals surface area contributed by atoms with Crippen LogP contribution in [0.1, 0.15) is 0 Å². The summed E-state index contributed by atoms with van der Waals surface area (Å²) in [7, 11) is 0. The van der Waals surface area contributed by atoms with Gasteiger partial charge in [0.25, 0.3) is 0 Å². The third kappa shape index (κ3) is 2.36. The van der Waals surface area contributed by atoms with Gasteiger partial charge in [-0.2, -0.15) is 0 Å². The second kappa shape index (κ2) is 5.31. The summed E-state index contributed by atoms with van der Waals surface area (Å²) < 4.78 is 0. The highest BCUT2D eigenvalue weighted by molar-refractivity contribution is 6.35. The number of hydrogen-bond acceptors (Lipinski definition) is 3. The summed E-state index contributed by atoms with van der Waals surface area (Å²) in [5, 5.41) is 0.389. The lowest BCUT2D eigenvalue weighted by Gasteiger charge is -2.06. The van der Waals surface area contributed by atoms with Crippen LogP contribution in [-0.4, -0.2) is 9.97 Å². The van der Waals surface area contributed by atoms with Crippen LogP contribution in [0.15, 0.2) is 60.9 Å². The SMILES string of the molecule is Nc1ncnc(-c2ccc(-c3ccccc3)cc2)c1Cl. The monoisotopic (exact) mass is 281 g/mol. The standard InChI is InChI=1S/C16H12ClN3/c17-14-15(19-10-20-16(14)18)13-8-6-12(7-9-13)11-4-2-1-3-5-11/h1-10H,(H2,18,19,20). The molecule has 4 heteroatoms. The predicted molar refractivity (Wildman–Crippen MR) is 82.3 cm³/mol. The van der Waals surface area contributed by atoms with Gasteiger partial charge in [0.05, 0.1) is 5.69 Å². The zero-order valence-electron chi connectivity index (χ0n) is 10.6. The van der Waals surface area contributed by atoms with E-state index in [2.05, 4.69) is 22.1 Å². The van der Waals surface area contributed by atoms with Crippen LogP contribution < -0.4 is 5.73 Å². The predicted octanol–water partition coefficient (Wildman–Crippen LogP) is 4.05. The van der Waals surface area contributed by atoms with Crippen LogP contribution in [0.4, 0.5) is 5.82 Å². The van der Waals surface area contributed by atoms with E-state index >= 15 is 0 Å². The Labute approximate surface area is 122 Å². The van der Waals surface area contributed by atoms with E-state index in [9.17, 15) is 0 Å². The minimum Gasteiger partial charge on any atom is -0.382 e. The highest BCUT2D eigenvalue weighted by Gasteiger charge is 2.08. The Morgan fingerprint density at radius 2 is 1.35 bits per heavy atom.